The summed E-state index contributed by atoms with van der Waals surface area (Å²) in [5.74, 6) is 5.07. The minimum Gasteiger partial charge on any atom is -0.350 e. The van der Waals surface area contributed by atoms with Gasteiger partial charge in [-0.2, -0.15) is 0 Å². The van der Waals surface area contributed by atoms with Gasteiger partial charge < -0.3 is 5.32 Å². The molecule has 0 heterocycles. The Hall–Kier alpha value is -2.48. The summed E-state index contributed by atoms with van der Waals surface area (Å²) in [6.45, 7) is 10.1. The molecule has 0 aliphatic rings. The van der Waals surface area contributed by atoms with Gasteiger partial charge in [0.15, 0.2) is 0 Å². The van der Waals surface area contributed by atoms with E-state index in [2.05, 4.69) is 15.5 Å². The van der Waals surface area contributed by atoms with E-state index in [1.807, 2.05) is 52.0 Å². The second-order valence-corrected chi connectivity index (χ2v) is 5.71. The molecule has 142 valence electrons. The quantitative estimate of drug-likeness (QED) is 0.386. The summed E-state index contributed by atoms with van der Waals surface area (Å²) < 4.78 is 0. The number of hydrogen-bond acceptors (Lipinski definition) is 6. The van der Waals surface area contributed by atoms with E-state index in [0.29, 0.717) is 12.2 Å². The van der Waals surface area contributed by atoms with Crippen molar-refractivity contribution in [2.75, 3.05) is 5.32 Å². The zero-order valence-corrected chi connectivity index (χ0v) is 16.0. The lowest BCUT2D eigenvalue weighted by atomic mass is 10.1. The summed E-state index contributed by atoms with van der Waals surface area (Å²) in [5, 5.41) is 17.6. The van der Waals surface area contributed by atoms with Gasteiger partial charge in [-0.05, 0) is 49.6 Å². The molecule has 0 saturated heterocycles. The van der Waals surface area contributed by atoms with E-state index in [0.717, 1.165) is 22.4 Å². The number of nitrogens with two attached hydrogens (primary N) is 1. The molecule has 2 aromatic carbocycles. The number of aryl methyl sites for hydroxylation is 2. The SMILES string of the molecule is CC.Cc1ccc(C)c(Nc2ccc(CNC(C)ON)cc2[N+](=O)[O-])c1. The number of nitro groups is 1. The predicted molar refractivity (Wildman–Crippen MR) is 105 cm³/mol. The fourth-order valence-corrected chi connectivity index (χ4v) is 2.27. The summed E-state index contributed by atoms with van der Waals surface area (Å²) in [6, 6.07) is 11.0. The molecule has 4 N–H and O–H groups in total. The topological polar surface area (TPSA) is 102 Å². The Morgan fingerprint density at radius 2 is 1.85 bits per heavy atom. The first-order chi connectivity index (χ1) is 12.4. The van der Waals surface area contributed by atoms with Crippen molar-refractivity contribution in [2.24, 2.45) is 5.90 Å². The number of anilines is 2. The average molecular weight is 360 g/mol. The number of hydrogen-bond donors (Lipinski definition) is 3. The number of nitrogens with one attached hydrogen (secondary N) is 2. The van der Waals surface area contributed by atoms with E-state index in [-0.39, 0.29) is 16.8 Å². The standard InChI is InChI=1S/C17H22N4O3.C2H6/c1-11-4-5-12(2)16(8-11)20-15-7-6-14(9-17(15)21(22)23)10-19-13(3)24-18;1-2/h4-9,13,19-20H,10,18H2,1-3H3;1-2H3. The molecule has 2 aromatic rings. The number of benzene rings is 2. The highest BCUT2D eigenvalue weighted by Gasteiger charge is 2.16. The molecule has 2 rings (SSSR count). The Labute approximate surface area is 154 Å². The van der Waals surface area contributed by atoms with Gasteiger partial charge in [0.1, 0.15) is 11.9 Å². The summed E-state index contributed by atoms with van der Waals surface area (Å²) >= 11 is 0. The van der Waals surface area contributed by atoms with Crippen molar-refractivity contribution in [2.45, 2.75) is 47.4 Å². The molecule has 0 aromatic heterocycles. The van der Waals surface area contributed by atoms with Crippen LogP contribution in [0.4, 0.5) is 17.1 Å². The largest absolute Gasteiger partial charge is 0.350 e. The highest BCUT2D eigenvalue weighted by atomic mass is 16.6. The molecule has 0 radical (unpaired) electrons. The third-order valence-corrected chi connectivity index (χ3v) is 3.72. The van der Waals surface area contributed by atoms with E-state index in [9.17, 15) is 10.1 Å². The maximum atomic E-state index is 11.4. The van der Waals surface area contributed by atoms with Gasteiger partial charge in [-0.1, -0.05) is 32.0 Å². The fourth-order valence-electron chi connectivity index (χ4n) is 2.27. The average Bonchev–Trinajstić information content (AvgIpc) is 2.64. The molecule has 26 heavy (non-hydrogen) atoms. The molecule has 1 unspecified atom stereocenters. The minimum absolute atomic E-state index is 0.0246. The molecule has 0 amide bonds. The molecule has 0 spiro atoms. The molecule has 0 bridgehead atoms. The lowest BCUT2D eigenvalue weighted by Gasteiger charge is -2.13. The van der Waals surface area contributed by atoms with Crippen LogP contribution in [0.5, 0.6) is 0 Å². The second kappa shape index (κ2) is 10.5. The predicted octanol–water partition coefficient (Wildman–Crippen LogP) is 4.31. The van der Waals surface area contributed by atoms with Gasteiger partial charge in [-0.3, -0.25) is 20.3 Å². The summed E-state index contributed by atoms with van der Waals surface area (Å²) in [7, 11) is 0. The first-order valence-electron chi connectivity index (χ1n) is 8.61. The van der Waals surface area contributed by atoms with Crippen LogP contribution in [0, 0.1) is 24.0 Å². The zero-order valence-electron chi connectivity index (χ0n) is 16.0. The lowest BCUT2D eigenvalue weighted by molar-refractivity contribution is -0.384. The second-order valence-electron chi connectivity index (χ2n) is 5.71. The van der Waals surface area contributed by atoms with Crippen molar-refractivity contribution >= 4 is 17.1 Å². The van der Waals surface area contributed by atoms with Crippen molar-refractivity contribution in [3.8, 4) is 0 Å². The van der Waals surface area contributed by atoms with Crippen LogP contribution in [-0.4, -0.2) is 11.2 Å². The Morgan fingerprint density at radius 3 is 2.46 bits per heavy atom. The molecular weight excluding hydrogens is 332 g/mol. The van der Waals surface area contributed by atoms with Gasteiger partial charge in [0.2, 0.25) is 0 Å². The smallest absolute Gasteiger partial charge is 0.292 e. The molecule has 7 heteroatoms. The summed E-state index contributed by atoms with van der Waals surface area (Å²) in [4.78, 5) is 15.6. The number of nitrogens with zero attached hydrogens (tertiary/aromatic N) is 1. The van der Waals surface area contributed by atoms with Gasteiger partial charge in [0.25, 0.3) is 5.69 Å². The van der Waals surface area contributed by atoms with Crippen LogP contribution in [0.1, 0.15) is 37.5 Å². The van der Waals surface area contributed by atoms with E-state index >= 15 is 0 Å². The fraction of sp³-hybridized carbons (Fsp3) is 0.368. The molecular formula is C19H28N4O3. The molecule has 0 fully saturated rings. The van der Waals surface area contributed by atoms with Crippen LogP contribution in [0.15, 0.2) is 36.4 Å². The number of rotatable bonds is 7. The van der Waals surface area contributed by atoms with Gasteiger partial charge in [0.05, 0.1) is 4.92 Å². The Kier molecular flexibility index (Phi) is 8.71. The Morgan fingerprint density at radius 1 is 1.15 bits per heavy atom. The maximum Gasteiger partial charge on any atom is 0.292 e. The van der Waals surface area contributed by atoms with Gasteiger partial charge in [-0.25, -0.2) is 5.90 Å². The van der Waals surface area contributed by atoms with E-state index in [1.165, 1.54) is 0 Å². The monoisotopic (exact) mass is 360 g/mol. The Bertz CT molecular complexity index is 735. The Balaban J connectivity index is 0.00000163. The molecule has 7 nitrogen and oxygen atoms in total. The number of nitro benzene ring substituents is 1. The maximum absolute atomic E-state index is 11.4. The van der Waals surface area contributed by atoms with Crippen LogP contribution in [0.3, 0.4) is 0 Å². The van der Waals surface area contributed by atoms with Crippen LogP contribution in [0.25, 0.3) is 0 Å². The third kappa shape index (κ3) is 6.11. The van der Waals surface area contributed by atoms with Crippen molar-refractivity contribution in [1.82, 2.24) is 5.32 Å². The molecule has 0 saturated carbocycles. The molecule has 0 aliphatic heterocycles. The van der Waals surface area contributed by atoms with Crippen LogP contribution < -0.4 is 16.5 Å². The third-order valence-electron chi connectivity index (χ3n) is 3.72. The zero-order chi connectivity index (χ0) is 19.7. The van der Waals surface area contributed by atoms with Crippen LogP contribution >= 0.6 is 0 Å². The van der Waals surface area contributed by atoms with Crippen molar-refractivity contribution in [1.29, 1.82) is 0 Å². The van der Waals surface area contributed by atoms with Crippen molar-refractivity contribution in [3.63, 3.8) is 0 Å². The minimum atomic E-state index is -0.389. The molecule has 0 aliphatic carbocycles. The highest BCUT2D eigenvalue weighted by Crippen LogP contribution is 2.30. The first-order valence-corrected chi connectivity index (χ1v) is 8.61. The van der Waals surface area contributed by atoms with Crippen molar-refractivity contribution in [3.05, 3.63) is 63.2 Å². The van der Waals surface area contributed by atoms with Gasteiger partial charge in [-0.15, -0.1) is 0 Å². The molecule has 1 atom stereocenters. The van der Waals surface area contributed by atoms with E-state index in [1.54, 1.807) is 19.1 Å². The van der Waals surface area contributed by atoms with Crippen molar-refractivity contribution < 1.29 is 9.76 Å². The van der Waals surface area contributed by atoms with E-state index in [4.69, 9.17) is 5.90 Å². The van der Waals surface area contributed by atoms with Crippen LogP contribution in [-0.2, 0) is 11.4 Å². The summed E-state index contributed by atoms with van der Waals surface area (Å²) in [6.07, 6.45) is -0.336. The van der Waals surface area contributed by atoms with Gasteiger partial charge >= 0.3 is 0 Å². The van der Waals surface area contributed by atoms with Crippen LogP contribution in [0.2, 0.25) is 0 Å². The summed E-state index contributed by atoms with van der Waals surface area (Å²) in [5.41, 5.74) is 4.22. The van der Waals surface area contributed by atoms with E-state index < -0.39 is 0 Å². The lowest BCUT2D eigenvalue weighted by Crippen LogP contribution is -2.30. The first kappa shape index (κ1) is 21.6. The highest BCUT2D eigenvalue weighted by molar-refractivity contribution is 5.72. The normalized spacial score (nSPS) is 11.3. The van der Waals surface area contributed by atoms with Gasteiger partial charge in [0, 0.05) is 18.3 Å².